The van der Waals surface area contributed by atoms with Crippen molar-refractivity contribution in [1.29, 1.82) is 0 Å². The molecule has 0 unspecified atom stereocenters. The number of aliphatic imine (C=N–C) groups is 1. The van der Waals surface area contributed by atoms with Crippen molar-refractivity contribution in [2.75, 3.05) is 70.2 Å². The number of benzene rings is 1. The number of nitrogens with two attached hydrogens (primary N) is 1. The van der Waals surface area contributed by atoms with Crippen LogP contribution in [-0.2, 0) is 9.47 Å². The van der Waals surface area contributed by atoms with Gasteiger partial charge in [-0.25, -0.2) is 15.0 Å². The highest BCUT2D eigenvalue weighted by molar-refractivity contribution is 7.80. The number of rotatable bonds is 4. The molecule has 1 aromatic carbocycles. The van der Waals surface area contributed by atoms with Crippen LogP contribution in [0.5, 0.6) is 0 Å². The summed E-state index contributed by atoms with van der Waals surface area (Å²) in [4.78, 5) is 33.2. The van der Waals surface area contributed by atoms with Crippen molar-refractivity contribution in [3.63, 3.8) is 0 Å². The Hall–Kier alpha value is -3.87. The lowest BCUT2D eigenvalue weighted by atomic mass is 9.91. The number of anilines is 2. The number of amides is 1. The van der Waals surface area contributed by atoms with Crippen LogP contribution in [0.4, 0.5) is 11.6 Å². The Balaban J connectivity index is 1.32. The first-order valence-electron chi connectivity index (χ1n) is 14.5. The zero-order valence-electron chi connectivity index (χ0n) is 23.8. The van der Waals surface area contributed by atoms with Crippen LogP contribution in [0.15, 0.2) is 58.6 Å². The molecule has 11 nitrogen and oxygen atoms in total. The Labute approximate surface area is 251 Å². The van der Waals surface area contributed by atoms with Gasteiger partial charge in [0.05, 0.1) is 26.4 Å². The third kappa shape index (κ3) is 5.87. The van der Waals surface area contributed by atoms with Crippen molar-refractivity contribution in [3.05, 3.63) is 64.8 Å². The lowest BCUT2D eigenvalue weighted by Gasteiger charge is -2.31. The van der Waals surface area contributed by atoms with E-state index in [1.165, 1.54) is 5.57 Å². The smallest absolute Gasteiger partial charge is 0.254 e. The van der Waals surface area contributed by atoms with E-state index in [0.717, 1.165) is 66.4 Å². The standard InChI is InChI=1S/C30H36N8O3S/c1-2-20-17-25(36-8-12-40-13-9-36)35-27-24(26(20)22-18-32-29(31)33-19-22)6-7-38(27)30(42)34-23-5-3-4-21(16-23)28(39)37-10-14-41-15-11-37/h3-5,16,18-19H,2,6-15,17H2,1H3,(H,34,42)(H2,31,32,33). The number of carbonyl (C=O) groups excluding carboxylic acids is 1. The first-order chi connectivity index (χ1) is 20.5. The second-order valence-corrected chi connectivity index (χ2v) is 11.0. The normalized spacial score (nSPS) is 19.5. The second-order valence-electron chi connectivity index (χ2n) is 10.6. The Bertz CT molecular complexity index is 1440. The van der Waals surface area contributed by atoms with Gasteiger partial charge in [0.2, 0.25) is 5.95 Å². The van der Waals surface area contributed by atoms with E-state index in [9.17, 15) is 4.79 Å². The number of nitrogens with zero attached hydrogens (tertiary/aromatic N) is 6. The highest BCUT2D eigenvalue weighted by atomic mass is 32.1. The minimum atomic E-state index is -0.00449. The van der Waals surface area contributed by atoms with E-state index in [2.05, 4.69) is 32.0 Å². The molecule has 0 radical (unpaired) electrons. The van der Waals surface area contributed by atoms with Gasteiger partial charge in [0, 0.05) is 73.9 Å². The van der Waals surface area contributed by atoms with Crippen LogP contribution in [0.3, 0.4) is 0 Å². The molecular weight excluding hydrogens is 552 g/mol. The summed E-state index contributed by atoms with van der Waals surface area (Å²) in [6.07, 6.45) is 5.97. The van der Waals surface area contributed by atoms with Crippen LogP contribution in [-0.4, -0.2) is 101 Å². The Morgan fingerprint density at radius 1 is 1.05 bits per heavy atom. The van der Waals surface area contributed by atoms with E-state index >= 15 is 0 Å². The van der Waals surface area contributed by atoms with Gasteiger partial charge in [-0.1, -0.05) is 18.6 Å². The molecule has 4 aliphatic heterocycles. The molecule has 6 rings (SSSR count). The van der Waals surface area contributed by atoms with Crippen LogP contribution in [0, 0.1) is 0 Å². The predicted octanol–water partition coefficient (Wildman–Crippen LogP) is 3.14. The van der Waals surface area contributed by atoms with E-state index < -0.39 is 0 Å². The number of ether oxygens (including phenoxy) is 2. The number of nitrogens with one attached hydrogen (secondary N) is 1. The van der Waals surface area contributed by atoms with Crippen molar-refractivity contribution in [3.8, 4) is 0 Å². The number of nitrogen functional groups attached to an aromatic ring is 1. The van der Waals surface area contributed by atoms with Crippen molar-refractivity contribution < 1.29 is 14.3 Å². The number of amidine groups is 1. The molecule has 0 atom stereocenters. The van der Waals surface area contributed by atoms with Crippen molar-refractivity contribution >= 4 is 46.3 Å². The number of hydrogen-bond acceptors (Lipinski definition) is 9. The van der Waals surface area contributed by atoms with Gasteiger partial charge in [-0.15, -0.1) is 0 Å². The molecule has 2 fully saturated rings. The van der Waals surface area contributed by atoms with Crippen molar-refractivity contribution in [2.24, 2.45) is 4.99 Å². The van der Waals surface area contributed by atoms with Gasteiger partial charge >= 0.3 is 0 Å². The third-order valence-corrected chi connectivity index (χ3v) is 8.36. The van der Waals surface area contributed by atoms with Gasteiger partial charge in [-0.2, -0.15) is 0 Å². The van der Waals surface area contributed by atoms with E-state index in [0.29, 0.717) is 56.7 Å². The van der Waals surface area contributed by atoms with E-state index in [-0.39, 0.29) is 11.9 Å². The quantitative estimate of drug-likeness (QED) is 0.515. The van der Waals surface area contributed by atoms with Gasteiger partial charge in [0.15, 0.2) is 5.11 Å². The first kappa shape index (κ1) is 28.3. The minimum Gasteiger partial charge on any atom is -0.378 e. The van der Waals surface area contributed by atoms with Gasteiger partial charge in [0.1, 0.15) is 11.7 Å². The maximum atomic E-state index is 13.1. The third-order valence-electron chi connectivity index (χ3n) is 8.04. The highest BCUT2D eigenvalue weighted by Gasteiger charge is 2.33. The summed E-state index contributed by atoms with van der Waals surface area (Å²) in [5.41, 5.74) is 11.7. The molecule has 2 aromatic rings. The molecule has 4 aliphatic rings. The van der Waals surface area contributed by atoms with Gasteiger partial charge < -0.3 is 35.2 Å². The summed E-state index contributed by atoms with van der Waals surface area (Å²) < 4.78 is 11.0. The zero-order valence-corrected chi connectivity index (χ0v) is 24.7. The monoisotopic (exact) mass is 588 g/mol. The van der Waals surface area contributed by atoms with Crippen LogP contribution in [0.25, 0.3) is 5.57 Å². The van der Waals surface area contributed by atoms with E-state index in [1.807, 2.05) is 29.2 Å². The summed E-state index contributed by atoms with van der Waals surface area (Å²) in [5, 5.41) is 3.92. The molecule has 5 heterocycles. The maximum Gasteiger partial charge on any atom is 0.254 e. The van der Waals surface area contributed by atoms with Gasteiger partial charge in [0.25, 0.3) is 5.91 Å². The summed E-state index contributed by atoms with van der Waals surface area (Å²) >= 11 is 5.98. The highest BCUT2D eigenvalue weighted by Crippen LogP contribution is 2.41. The van der Waals surface area contributed by atoms with Crippen molar-refractivity contribution in [1.82, 2.24) is 24.7 Å². The molecule has 1 amide bonds. The zero-order chi connectivity index (χ0) is 29.1. The van der Waals surface area contributed by atoms with Crippen LogP contribution < -0.4 is 11.1 Å². The molecule has 3 N–H and O–H groups in total. The fourth-order valence-electron chi connectivity index (χ4n) is 5.84. The average molecular weight is 589 g/mol. The molecule has 0 spiro atoms. The van der Waals surface area contributed by atoms with E-state index in [4.69, 9.17) is 32.4 Å². The lowest BCUT2D eigenvalue weighted by molar-refractivity contribution is 0.0303. The predicted molar refractivity (Wildman–Crippen MR) is 166 cm³/mol. The number of allylic oxidation sites excluding steroid dienone is 1. The Morgan fingerprint density at radius 3 is 2.48 bits per heavy atom. The Kier molecular flexibility index (Phi) is 8.45. The molecular formula is C30H36N8O3S. The van der Waals surface area contributed by atoms with Gasteiger partial charge in [-0.3, -0.25) is 4.79 Å². The molecule has 42 heavy (non-hydrogen) atoms. The van der Waals surface area contributed by atoms with Gasteiger partial charge in [-0.05, 0) is 48.8 Å². The molecule has 220 valence electrons. The minimum absolute atomic E-state index is 0.00449. The van der Waals surface area contributed by atoms with Crippen molar-refractivity contribution in [2.45, 2.75) is 26.2 Å². The SMILES string of the molecule is CCC1=C(c2cnc(N)nc2)C2=C(N=C(N3CCOCC3)C1)N(C(=S)Nc1cccc(C(=O)N3CCOCC3)c1)CC2. The fourth-order valence-corrected chi connectivity index (χ4v) is 6.14. The summed E-state index contributed by atoms with van der Waals surface area (Å²) in [6, 6.07) is 7.50. The second kappa shape index (κ2) is 12.6. The molecule has 12 heteroatoms. The number of aromatic nitrogens is 2. The fraction of sp³-hybridized carbons (Fsp3) is 0.433. The van der Waals surface area contributed by atoms with Crippen LogP contribution in [0.1, 0.15) is 42.1 Å². The average Bonchev–Trinajstić information content (AvgIpc) is 3.37. The number of carbonyl (C=O) groups is 1. The summed E-state index contributed by atoms with van der Waals surface area (Å²) in [5.74, 6) is 2.10. The summed E-state index contributed by atoms with van der Waals surface area (Å²) in [7, 11) is 0. The number of morpholine rings is 2. The molecule has 0 saturated carbocycles. The van der Waals surface area contributed by atoms with E-state index in [1.54, 1.807) is 12.4 Å². The molecule has 0 bridgehead atoms. The molecule has 1 aromatic heterocycles. The number of thiocarbonyl (C=S) groups is 1. The largest absolute Gasteiger partial charge is 0.378 e. The lowest BCUT2D eigenvalue weighted by Crippen LogP contribution is -2.41. The molecule has 2 saturated heterocycles. The maximum absolute atomic E-state index is 13.1. The Morgan fingerprint density at radius 2 is 1.76 bits per heavy atom. The van der Waals surface area contributed by atoms with Crippen LogP contribution >= 0.6 is 12.2 Å². The topological polar surface area (TPSA) is 121 Å². The molecule has 0 aliphatic carbocycles. The summed E-state index contributed by atoms with van der Waals surface area (Å²) in [6.45, 7) is 8.12. The van der Waals surface area contributed by atoms with Crippen LogP contribution in [0.2, 0.25) is 0 Å². The first-order valence-corrected chi connectivity index (χ1v) is 14.9. The number of hydrogen-bond donors (Lipinski definition) is 2.